The highest BCUT2D eigenvalue weighted by Gasteiger charge is 2.29. The molecule has 1 aromatic carbocycles. The van der Waals surface area contributed by atoms with Crippen molar-refractivity contribution in [2.45, 2.75) is 19.6 Å². The first-order chi connectivity index (χ1) is 12.4. The largest absolute Gasteiger partial charge is 0.477 e. The summed E-state index contributed by atoms with van der Waals surface area (Å²) in [5.41, 5.74) is 0.446. The molecule has 136 valence electrons. The zero-order valence-corrected chi connectivity index (χ0v) is 13.7. The van der Waals surface area contributed by atoms with Crippen LogP contribution in [0.15, 0.2) is 42.6 Å². The quantitative estimate of drug-likeness (QED) is 0.756. The number of halogens is 3. The Morgan fingerprint density at radius 2 is 1.92 bits per heavy atom. The first-order valence-corrected chi connectivity index (χ1v) is 7.80. The summed E-state index contributed by atoms with van der Waals surface area (Å²) in [6, 6.07) is 7.92. The zero-order valence-electron chi connectivity index (χ0n) is 13.7. The lowest BCUT2D eigenvalue weighted by molar-refractivity contribution is -0.137. The van der Waals surface area contributed by atoms with E-state index in [1.54, 1.807) is 12.1 Å². The molecule has 0 aliphatic carbocycles. The molecule has 2 heterocycles. The molecule has 3 rings (SSSR count). The molecule has 1 amide bonds. The Balaban J connectivity index is 1.67. The lowest BCUT2D eigenvalue weighted by Gasteiger charge is -2.08. The SMILES string of the molecule is CCOc1ccc2nc(C(=O)NCc3ccc(C(F)(F)F)cc3)cn2n1. The number of alkyl halides is 3. The van der Waals surface area contributed by atoms with Crippen molar-refractivity contribution in [3.8, 4) is 5.88 Å². The van der Waals surface area contributed by atoms with Crippen molar-refractivity contribution in [1.29, 1.82) is 0 Å². The number of hydrogen-bond acceptors (Lipinski definition) is 4. The van der Waals surface area contributed by atoms with Gasteiger partial charge in [0, 0.05) is 12.6 Å². The zero-order chi connectivity index (χ0) is 18.7. The molecule has 1 N–H and O–H groups in total. The van der Waals surface area contributed by atoms with E-state index in [-0.39, 0.29) is 12.2 Å². The molecule has 9 heteroatoms. The standard InChI is InChI=1S/C17H15F3N4O2/c1-2-26-15-8-7-14-22-13(10-24(14)23-15)16(25)21-9-11-3-5-12(6-4-11)17(18,19)20/h3-8,10H,2,9H2,1H3,(H,21,25). The van der Waals surface area contributed by atoms with Crippen molar-refractivity contribution < 1.29 is 22.7 Å². The van der Waals surface area contributed by atoms with E-state index < -0.39 is 17.6 Å². The molecule has 0 unspecified atom stereocenters. The third-order valence-electron chi connectivity index (χ3n) is 3.55. The highest BCUT2D eigenvalue weighted by atomic mass is 19.4. The van der Waals surface area contributed by atoms with Crippen LogP contribution in [0, 0.1) is 0 Å². The third kappa shape index (κ3) is 3.93. The van der Waals surface area contributed by atoms with Gasteiger partial charge in [0.25, 0.3) is 5.91 Å². The first kappa shape index (κ1) is 17.7. The van der Waals surface area contributed by atoms with Crippen molar-refractivity contribution in [3.63, 3.8) is 0 Å². The summed E-state index contributed by atoms with van der Waals surface area (Å²) in [5, 5.41) is 6.78. The molecule has 2 aromatic heterocycles. The Kier molecular flexibility index (Phi) is 4.79. The van der Waals surface area contributed by atoms with Gasteiger partial charge in [-0.3, -0.25) is 4.79 Å². The lowest BCUT2D eigenvalue weighted by atomic mass is 10.1. The molecule has 3 aromatic rings. The van der Waals surface area contributed by atoms with Gasteiger partial charge in [-0.05, 0) is 30.7 Å². The van der Waals surface area contributed by atoms with Gasteiger partial charge >= 0.3 is 6.18 Å². The van der Waals surface area contributed by atoms with E-state index in [4.69, 9.17) is 4.74 Å². The third-order valence-corrected chi connectivity index (χ3v) is 3.55. The Morgan fingerprint density at radius 1 is 1.19 bits per heavy atom. The van der Waals surface area contributed by atoms with Crippen LogP contribution in [0.3, 0.4) is 0 Å². The summed E-state index contributed by atoms with van der Waals surface area (Å²) in [7, 11) is 0. The fourth-order valence-electron chi connectivity index (χ4n) is 2.28. The molecular formula is C17H15F3N4O2. The highest BCUT2D eigenvalue weighted by Crippen LogP contribution is 2.29. The molecule has 0 atom stereocenters. The normalized spacial score (nSPS) is 11.5. The number of carbonyl (C=O) groups is 1. The first-order valence-electron chi connectivity index (χ1n) is 7.80. The number of rotatable bonds is 5. The summed E-state index contributed by atoms with van der Waals surface area (Å²) in [6.07, 6.45) is -2.93. The second-order valence-corrected chi connectivity index (χ2v) is 5.41. The minimum absolute atomic E-state index is 0.0858. The summed E-state index contributed by atoms with van der Waals surface area (Å²) < 4.78 is 44.3. The predicted octanol–water partition coefficient (Wildman–Crippen LogP) is 3.08. The number of benzene rings is 1. The van der Waals surface area contributed by atoms with E-state index in [0.29, 0.717) is 23.7 Å². The van der Waals surface area contributed by atoms with E-state index in [1.165, 1.54) is 22.8 Å². The maximum Gasteiger partial charge on any atom is 0.416 e. The number of aromatic nitrogens is 3. The maximum absolute atomic E-state index is 12.5. The van der Waals surface area contributed by atoms with Gasteiger partial charge in [-0.15, -0.1) is 5.10 Å². The van der Waals surface area contributed by atoms with Gasteiger partial charge in [0.2, 0.25) is 5.88 Å². The number of hydrogen-bond donors (Lipinski definition) is 1. The second-order valence-electron chi connectivity index (χ2n) is 5.41. The van der Waals surface area contributed by atoms with E-state index in [2.05, 4.69) is 15.4 Å². The van der Waals surface area contributed by atoms with Gasteiger partial charge in [0.05, 0.1) is 18.4 Å². The lowest BCUT2D eigenvalue weighted by Crippen LogP contribution is -2.23. The summed E-state index contributed by atoms with van der Waals surface area (Å²) in [6.45, 7) is 2.38. The topological polar surface area (TPSA) is 68.5 Å². The van der Waals surface area contributed by atoms with E-state index in [0.717, 1.165) is 12.1 Å². The van der Waals surface area contributed by atoms with Crippen LogP contribution in [-0.4, -0.2) is 27.1 Å². The minimum atomic E-state index is -4.38. The molecule has 0 aliphatic rings. The predicted molar refractivity (Wildman–Crippen MR) is 86.8 cm³/mol. The number of carbonyl (C=O) groups excluding carboxylic acids is 1. The van der Waals surface area contributed by atoms with Crippen molar-refractivity contribution in [3.05, 3.63) is 59.4 Å². The number of ether oxygens (including phenoxy) is 1. The summed E-state index contributed by atoms with van der Waals surface area (Å²) >= 11 is 0. The van der Waals surface area contributed by atoms with E-state index >= 15 is 0 Å². The Morgan fingerprint density at radius 3 is 2.58 bits per heavy atom. The number of nitrogens with one attached hydrogen (secondary N) is 1. The maximum atomic E-state index is 12.5. The van der Waals surface area contributed by atoms with Crippen molar-refractivity contribution in [2.24, 2.45) is 0 Å². The van der Waals surface area contributed by atoms with Crippen LogP contribution < -0.4 is 10.1 Å². The van der Waals surface area contributed by atoms with Crippen LogP contribution in [0.25, 0.3) is 5.65 Å². The van der Waals surface area contributed by atoms with Crippen molar-refractivity contribution >= 4 is 11.6 Å². The summed E-state index contributed by atoms with van der Waals surface area (Å²) in [4.78, 5) is 16.4. The molecule has 0 saturated heterocycles. The average Bonchev–Trinajstić information content (AvgIpc) is 3.03. The molecular weight excluding hydrogens is 349 g/mol. The van der Waals surface area contributed by atoms with Crippen LogP contribution >= 0.6 is 0 Å². The second kappa shape index (κ2) is 7.03. The molecule has 0 fully saturated rings. The van der Waals surface area contributed by atoms with Crippen molar-refractivity contribution in [2.75, 3.05) is 6.61 Å². The monoisotopic (exact) mass is 364 g/mol. The average molecular weight is 364 g/mol. The van der Waals surface area contributed by atoms with Crippen molar-refractivity contribution in [1.82, 2.24) is 19.9 Å². The fraction of sp³-hybridized carbons (Fsp3) is 0.235. The van der Waals surface area contributed by atoms with E-state index in [9.17, 15) is 18.0 Å². The molecule has 6 nitrogen and oxygen atoms in total. The molecule has 0 radical (unpaired) electrons. The molecule has 0 aliphatic heterocycles. The van der Waals surface area contributed by atoms with Gasteiger partial charge in [0.1, 0.15) is 5.69 Å². The van der Waals surface area contributed by atoms with Crippen LogP contribution in [-0.2, 0) is 12.7 Å². The van der Waals surface area contributed by atoms with Gasteiger partial charge in [-0.2, -0.15) is 13.2 Å². The van der Waals surface area contributed by atoms with Gasteiger partial charge in [-0.1, -0.05) is 12.1 Å². The minimum Gasteiger partial charge on any atom is -0.477 e. The summed E-state index contributed by atoms with van der Waals surface area (Å²) in [5.74, 6) is -0.0394. The Hall–Kier alpha value is -3.10. The van der Waals surface area contributed by atoms with Crippen LogP contribution in [0.5, 0.6) is 5.88 Å². The number of imidazole rings is 1. The van der Waals surface area contributed by atoms with Gasteiger partial charge < -0.3 is 10.1 Å². The molecule has 0 spiro atoms. The van der Waals surface area contributed by atoms with Gasteiger partial charge in [-0.25, -0.2) is 9.50 Å². The number of fused-ring (bicyclic) bond motifs is 1. The van der Waals surface area contributed by atoms with Crippen LogP contribution in [0.4, 0.5) is 13.2 Å². The Labute approximate surface area is 146 Å². The van der Waals surface area contributed by atoms with Crippen LogP contribution in [0.2, 0.25) is 0 Å². The molecule has 26 heavy (non-hydrogen) atoms. The van der Waals surface area contributed by atoms with Crippen LogP contribution in [0.1, 0.15) is 28.5 Å². The highest BCUT2D eigenvalue weighted by molar-refractivity contribution is 5.92. The molecule has 0 saturated carbocycles. The van der Waals surface area contributed by atoms with Gasteiger partial charge in [0.15, 0.2) is 5.65 Å². The number of amides is 1. The number of nitrogens with zero attached hydrogens (tertiary/aromatic N) is 3. The van der Waals surface area contributed by atoms with E-state index in [1.807, 2.05) is 6.92 Å². The molecule has 0 bridgehead atoms. The fourth-order valence-corrected chi connectivity index (χ4v) is 2.28. The Bertz CT molecular complexity index is 920. The smallest absolute Gasteiger partial charge is 0.416 e.